The molecule has 2 aliphatic rings. The zero-order valence-corrected chi connectivity index (χ0v) is 12.4. The first-order chi connectivity index (χ1) is 11.3. The van der Waals surface area contributed by atoms with Crippen molar-refractivity contribution in [3.05, 3.63) is 47.6 Å². The summed E-state index contributed by atoms with van der Waals surface area (Å²) in [6.45, 7) is 1.41. The summed E-state index contributed by atoms with van der Waals surface area (Å²) >= 11 is 0. The highest BCUT2D eigenvalue weighted by atomic mass is 16.1. The van der Waals surface area contributed by atoms with E-state index in [1.54, 1.807) is 23.4 Å². The molecule has 3 heterocycles. The van der Waals surface area contributed by atoms with Crippen LogP contribution < -0.4 is 0 Å². The normalized spacial score (nSPS) is 20.6. The Labute approximate surface area is 132 Å². The molecule has 2 aromatic rings. The quantitative estimate of drug-likeness (QED) is 0.822. The van der Waals surface area contributed by atoms with Crippen LogP contribution >= 0.6 is 0 Å². The number of likely N-dealkylation sites (tertiary alicyclic amines) is 1. The lowest BCUT2D eigenvalue weighted by Crippen LogP contribution is -2.28. The van der Waals surface area contributed by atoms with Crippen molar-refractivity contribution >= 4 is 11.5 Å². The third-order valence-corrected chi connectivity index (χ3v) is 4.34. The minimum absolute atomic E-state index is 0.135. The maximum Gasteiger partial charge on any atom is 0.180 e. The number of Topliss-reactive ketones (excluding diaryl/α,β-unsaturated/α-hetero) is 1. The van der Waals surface area contributed by atoms with E-state index in [0.29, 0.717) is 12.2 Å². The Balaban J connectivity index is 1.74. The first kappa shape index (κ1) is 13.6. The molecule has 1 aliphatic carbocycles. The van der Waals surface area contributed by atoms with E-state index in [4.69, 9.17) is 0 Å². The fraction of sp³-hybridized carbons (Fsp3) is 0.312. The van der Waals surface area contributed by atoms with Crippen molar-refractivity contribution in [2.45, 2.75) is 18.9 Å². The van der Waals surface area contributed by atoms with Gasteiger partial charge in [0.15, 0.2) is 5.78 Å². The van der Waals surface area contributed by atoms with Crippen molar-refractivity contribution in [3.8, 4) is 6.07 Å². The smallest absolute Gasteiger partial charge is 0.180 e. The highest BCUT2D eigenvalue weighted by Crippen LogP contribution is 2.34. The zero-order chi connectivity index (χ0) is 15.8. The van der Waals surface area contributed by atoms with Gasteiger partial charge in [-0.15, -0.1) is 0 Å². The van der Waals surface area contributed by atoms with Gasteiger partial charge in [0, 0.05) is 25.7 Å². The number of aromatic nitrogens is 4. The topological polar surface area (TPSA) is 87.7 Å². The minimum Gasteiger partial charge on any atom is -0.366 e. The average Bonchev–Trinajstić information content (AvgIpc) is 3.24. The number of fused-ring (bicyclic) bond motifs is 1. The standard InChI is InChI=1S/C16H14N6O/c17-9-13-14(23)8-11-2-1-4-18-15(11)16(13)21-7-3-12(10-21)22-19-5-6-20-22/h1-2,4-6,12H,3,7-8,10H2/t12-/m1/s1. The van der Waals surface area contributed by atoms with Gasteiger partial charge in [-0.1, -0.05) is 6.07 Å². The van der Waals surface area contributed by atoms with E-state index in [-0.39, 0.29) is 23.8 Å². The van der Waals surface area contributed by atoms with Gasteiger partial charge < -0.3 is 4.90 Å². The number of nitriles is 1. The van der Waals surface area contributed by atoms with Crippen LogP contribution in [0.1, 0.15) is 23.7 Å². The molecular weight excluding hydrogens is 292 g/mol. The third-order valence-electron chi connectivity index (χ3n) is 4.34. The molecule has 7 nitrogen and oxygen atoms in total. The Bertz CT molecular complexity index is 833. The third kappa shape index (κ3) is 2.19. The monoisotopic (exact) mass is 306 g/mol. The molecule has 0 bridgehead atoms. The molecular formula is C16H14N6O. The largest absolute Gasteiger partial charge is 0.366 e. The first-order valence-corrected chi connectivity index (χ1v) is 7.50. The minimum atomic E-state index is -0.135. The Morgan fingerprint density at radius 1 is 1.26 bits per heavy atom. The lowest BCUT2D eigenvalue weighted by Gasteiger charge is -2.27. The number of hydrogen-bond donors (Lipinski definition) is 0. The maximum atomic E-state index is 12.3. The molecule has 114 valence electrons. The van der Waals surface area contributed by atoms with Crippen molar-refractivity contribution in [3.63, 3.8) is 0 Å². The fourth-order valence-electron chi connectivity index (χ4n) is 3.28. The van der Waals surface area contributed by atoms with E-state index < -0.39 is 0 Å². The number of allylic oxidation sites excluding steroid dienone is 1. The van der Waals surface area contributed by atoms with Gasteiger partial charge in [-0.05, 0) is 18.1 Å². The molecule has 0 unspecified atom stereocenters. The molecule has 4 rings (SSSR count). The molecule has 7 heteroatoms. The van der Waals surface area contributed by atoms with E-state index in [2.05, 4.69) is 26.2 Å². The molecule has 1 atom stereocenters. The maximum absolute atomic E-state index is 12.3. The lowest BCUT2D eigenvalue weighted by molar-refractivity contribution is -0.114. The number of hydrogen-bond acceptors (Lipinski definition) is 6. The molecule has 0 spiro atoms. The number of rotatable bonds is 2. The van der Waals surface area contributed by atoms with Crippen LogP contribution in [0.15, 0.2) is 36.3 Å². The van der Waals surface area contributed by atoms with E-state index in [1.807, 2.05) is 12.1 Å². The van der Waals surface area contributed by atoms with Crippen LogP contribution in [0, 0.1) is 11.3 Å². The summed E-state index contributed by atoms with van der Waals surface area (Å²) in [5.41, 5.74) is 2.50. The molecule has 2 aromatic heterocycles. The average molecular weight is 306 g/mol. The number of carbonyl (C=O) groups is 1. The summed E-state index contributed by atoms with van der Waals surface area (Å²) in [6.07, 6.45) is 6.13. The second kappa shape index (κ2) is 5.32. The van der Waals surface area contributed by atoms with Gasteiger partial charge in [0.1, 0.15) is 11.6 Å². The summed E-state index contributed by atoms with van der Waals surface area (Å²) in [7, 11) is 0. The van der Waals surface area contributed by atoms with Gasteiger partial charge in [0.05, 0.1) is 29.8 Å². The predicted octanol–water partition coefficient (Wildman–Crippen LogP) is 0.980. The Hall–Kier alpha value is -3.01. The van der Waals surface area contributed by atoms with Crippen LogP contribution in [0.4, 0.5) is 0 Å². The van der Waals surface area contributed by atoms with Crippen molar-refractivity contribution < 1.29 is 4.79 Å². The molecule has 1 saturated heterocycles. The van der Waals surface area contributed by atoms with Crippen LogP contribution in [-0.2, 0) is 11.2 Å². The molecule has 0 amide bonds. The molecule has 1 fully saturated rings. The SMILES string of the molecule is N#CC1=C(N2CC[C@@H](n3nccn3)C2)c2ncccc2CC1=O. The fourth-order valence-corrected chi connectivity index (χ4v) is 3.28. The molecule has 1 aliphatic heterocycles. The van der Waals surface area contributed by atoms with Crippen LogP contribution in [0.25, 0.3) is 5.70 Å². The molecule has 0 saturated carbocycles. The van der Waals surface area contributed by atoms with Gasteiger partial charge in [0.25, 0.3) is 0 Å². The highest BCUT2D eigenvalue weighted by Gasteiger charge is 2.34. The summed E-state index contributed by atoms with van der Waals surface area (Å²) in [5.74, 6) is -0.135. The first-order valence-electron chi connectivity index (χ1n) is 7.50. The van der Waals surface area contributed by atoms with Gasteiger partial charge in [0.2, 0.25) is 0 Å². The van der Waals surface area contributed by atoms with Crippen LogP contribution in [0.2, 0.25) is 0 Å². The second-order valence-electron chi connectivity index (χ2n) is 5.68. The van der Waals surface area contributed by atoms with Crippen molar-refractivity contribution in [1.29, 1.82) is 5.26 Å². The van der Waals surface area contributed by atoms with E-state index in [0.717, 1.165) is 24.2 Å². The number of nitrogens with zero attached hydrogens (tertiary/aromatic N) is 6. The second-order valence-corrected chi connectivity index (χ2v) is 5.68. The van der Waals surface area contributed by atoms with E-state index in [1.165, 1.54) is 0 Å². The lowest BCUT2D eigenvalue weighted by atomic mass is 9.92. The number of ketones is 1. The Kier molecular flexibility index (Phi) is 3.15. The van der Waals surface area contributed by atoms with Crippen LogP contribution in [0.3, 0.4) is 0 Å². The molecule has 0 radical (unpaired) electrons. The summed E-state index contributed by atoms with van der Waals surface area (Å²) in [6, 6.07) is 5.94. The predicted molar refractivity (Wildman–Crippen MR) is 80.7 cm³/mol. The van der Waals surface area contributed by atoms with Gasteiger partial charge in [-0.25, -0.2) is 0 Å². The summed E-state index contributed by atoms with van der Waals surface area (Å²) < 4.78 is 0. The van der Waals surface area contributed by atoms with Gasteiger partial charge in [-0.3, -0.25) is 9.78 Å². The van der Waals surface area contributed by atoms with Gasteiger partial charge >= 0.3 is 0 Å². The van der Waals surface area contributed by atoms with E-state index in [9.17, 15) is 10.1 Å². The van der Waals surface area contributed by atoms with E-state index >= 15 is 0 Å². The number of pyridine rings is 1. The number of carbonyl (C=O) groups excluding carboxylic acids is 1. The van der Waals surface area contributed by atoms with Crippen LogP contribution in [-0.4, -0.2) is 43.8 Å². The Morgan fingerprint density at radius 3 is 2.87 bits per heavy atom. The zero-order valence-electron chi connectivity index (χ0n) is 12.4. The highest BCUT2D eigenvalue weighted by molar-refractivity contribution is 6.09. The molecule has 0 aromatic carbocycles. The van der Waals surface area contributed by atoms with Crippen LogP contribution in [0.5, 0.6) is 0 Å². The van der Waals surface area contributed by atoms with Crippen molar-refractivity contribution in [2.75, 3.05) is 13.1 Å². The van der Waals surface area contributed by atoms with Gasteiger partial charge in [-0.2, -0.15) is 20.3 Å². The van der Waals surface area contributed by atoms with Crippen molar-refractivity contribution in [1.82, 2.24) is 24.9 Å². The molecule has 23 heavy (non-hydrogen) atoms. The summed E-state index contributed by atoms with van der Waals surface area (Å²) in [4.78, 5) is 20.5. The molecule has 0 N–H and O–H groups in total. The summed E-state index contributed by atoms with van der Waals surface area (Å²) in [5, 5.41) is 17.8. The Morgan fingerprint density at radius 2 is 2.09 bits per heavy atom. The van der Waals surface area contributed by atoms with Crippen molar-refractivity contribution in [2.24, 2.45) is 0 Å².